The minimum atomic E-state index is -0.181. The number of amides is 2. The highest BCUT2D eigenvalue weighted by Crippen LogP contribution is 2.17. The molecule has 0 radical (unpaired) electrons. The van der Waals surface area contributed by atoms with Crippen molar-refractivity contribution in [3.63, 3.8) is 0 Å². The summed E-state index contributed by atoms with van der Waals surface area (Å²) in [4.78, 5) is 14.4. The molecule has 0 unspecified atom stereocenters. The molecule has 7 nitrogen and oxygen atoms in total. The minimum Gasteiger partial charge on any atom is -0.337 e. The van der Waals surface area contributed by atoms with Crippen LogP contribution in [-0.2, 0) is 20.0 Å². The number of benzene rings is 1. The number of aryl methyl sites for hydroxylation is 1. The van der Waals surface area contributed by atoms with Crippen LogP contribution < -0.4 is 10.6 Å². The molecule has 0 spiro atoms. The van der Waals surface area contributed by atoms with E-state index in [2.05, 4.69) is 50.0 Å². The highest BCUT2D eigenvalue weighted by atomic mass is 16.2. The lowest BCUT2D eigenvalue weighted by molar-refractivity contribution is 0.228. The summed E-state index contributed by atoms with van der Waals surface area (Å²) in [5.74, 6) is 0.734. The number of nitrogens with one attached hydrogen (secondary N) is 2. The molecule has 2 aromatic rings. The Labute approximate surface area is 142 Å². The van der Waals surface area contributed by atoms with Crippen molar-refractivity contribution in [1.29, 1.82) is 0 Å². The molecule has 2 heterocycles. The van der Waals surface area contributed by atoms with Crippen molar-refractivity contribution in [1.82, 2.24) is 30.3 Å². The molecule has 1 aromatic carbocycles. The Bertz CT molecular complexity index is 698. The molecule has 0 saturated carbocycles. The Morgan fingerprint density at radius 2 is 2.12 bits per heavy atom. The molecule has 3 rings (SSSR count). The molecule has 0 aliphatic carbocycles. The number of fused-ring (bicyclic) bond motifs is 1. The van der Waals surface area contributed by atoms with Crippen LogP contribution in [0.1, 0.15) is 29.9 Å². The zero-order valence-corrected chi connectivity index (χ0v) is 14.2. The van der Waals surface area contributed by atoms with Gasteiger partial charge in [-0.15, -0.1) is 10.2 Å². The van der Waals surface area contributed by atoms with E-state index in [4.69, 9.17) is 0 Å². The summed E-state index contributed by atoms with van der Waals surface area (Å²) in [6.07, 6.45) is 2.70. The molecule has 1 aliphatic rings. The van der Waals surface area contributed by atoms with Crippen LogP contribution in [0.3, 0.4) is 0 Å². The summed E-state index contributed by atoms with van der Waals surface area (Å²) in [6.45, 7) is 5.36. The quantitative estimate of drug-likeness (QED) is 0.866. The van der Waals surface area contributed by atoms with E-state index in [1.165, 1.54) is 11.1 Å². The predicted molar refractivity (Wildman–Crippen MR) is 91.4 cm³/mol. The second kappa shape index (κ2) is 7.44. The molecule has 2 amide bonds. The molecule has 0 bridgehead atoms. The fourth-order valence-corrected chi connectivity index (χ4v) is 3.07. The molecule has 7 heteroatoms. The maximum Gasteiger partial charge on any atom is 0.315 e. The van der Waals surface area contributed by atoms with E-state index in [-0.39, 0.29) is 12.1 Å². The van der Waals surface area contributed by atoms with Gasteiger partial charge in [0, 0.05) is 33.2 Å². The van der Waals surface area contributed by atoms with Crippen molar-refractivity contribution in [3.8, 4) is 0 Å². The van der Waals surface area contributed by atoms with E-state index in [9.17, 15) is 4.79 Å². The van der Waals surface area contributed by atoms with Gasteiger partial charge in [-0.2, -0.15) is 0 Å². The van der Waals surface area contributed by atoms with Crippen LogP contribution in [0.2, 0.25) is 0 Å². The van der Waals surface area contributed by atoms with Crippen LogP contribution in [0.4, 0.5) is 4.79 Å². The highest BCUT2D eigenvalue weighted by molar-refractivity contribution is 5.74. The van der Waals surface area contributed by atoms with Crippen LogP contribution >= 0.6 is 0 Å². The van der Waals surface area contributed by atoms with Gasteiger partial charge in [-0.3, -0.25) is 4.90 Å². The van der Waals surface area contributed by atoms with Gasteiger partial charge in [0.1, 0.15) is 6.33 Å². The zero-order valence-electron chi connectivity index (χ0n) is 14.2. The maximum atomic E-state index is 12.0. The monoisotopic (exact) mass is 328 g/mol. The van der Waals surface area contributed by atoms with E-state index in [1.54, 1.807) is 10.9 Å². The third-order valence-corrected chi connectivity index (χ3v) is 4.40. The van der Waals surface area contributed by atoms with Crippen LogP contribution in [-0.4, -0.2) is 45.3 Å². The van der Waals surface area contributed by atoms with Gasteiger partial charge in [0.05, 0.1) is 6.04 Å². The van der Waals surface area contributed by atoms with Gasteiger partial charge in [0.2, 0.25) is 0 Å². The number of nitrogens with zero attached hydrogens (tertiary/aromatic N) is 4. The van der Waals surface area contributed by atoms with Crippen LogP contribution in [0.5, 0.6) is 0 Å². The fraction of sp³-hybridized carbons (Fsp3) is 0.471. The first kappa shape index (κ1) is 16.4. The lowest BCUT2D eigenvalue weighted by Gasteiger charge is -2.28. The molecule has 24 heavy (non-hydrogen) atoms. The van der Waals surface area contributed by atoms with E-state index in [0.29, 0.717) is 6.54 Å². The summed E-state index contributed by atoms with van der Waals surface area (Å²) in [5.41, 5.74) is 2.83. The molecule has 0 saturated heterocycles. The van der Waals surface area contributed by atoms with E-state index in [0.717, 1.165) is 31.9 Å². The molecule has 1 aromatic heterocycles. The van der Waals surface area contributed by atoms with Gasteiger partial charge in [0.25, 0.3) is 0 Å². The number of carbonyl (C=O) groups is 1. The summed E-state index contributed by atoms with van der Waals surface area (Å²) < 4.78 is 1.80. The van der Waals surface area contributed by atoms with E-state index >= 15 is 0 Å². The van der Waals surface area contributed by atoms with Gasteiger partial charge < -0.3 is 15.2 Å². The van der Waals surface area contributed by atoms with E-state index in [1.807, 2.05) is 14.0 Å². The largest absolute Gasteiger partial charge is 0.337 e. The van der Waals surface area contributed by atoms with Crippen LogP contribution in [0, 0.1) is 0 Å². The van der Waals surface area contributed by atoms with Crippen molar-refractivity contribution in [2.75, 3.05) is 19.6 Å². The number of urea groups is 1. The van der Waals surface area contributed by atoms with Gasteiger partial charge in [0.15, 0.2) is 5.82 Å². The SMILES string of the molecule is C[C@H](NC(=O)NCCN1CCc2ccccc2C1)c1nncn1C. The Balaban J connectivity index is 1.41. The van der Waals surface area contributed by atoms with Gasteiger partial charge >= 0.3 is 6.03 Å². The second-order valence-corrected chi connectivity index (χ2v) is 6.22. The molecule has 0 fully saturated rings. The number of hydrogen-bond acceptors (Lipinski definition) is 4. The molecular weight excluding hydrogens is 304 g/mol. The standard InChI is InChI=1S/C17H24N6O/c1-13(16-21-19-12-22(16)2)20-17(24)18-8-10-23-9-7-14-5-3-4-6-15(14)11-23/h3-6,12-13H,7-11H2,1-2H3,(H2,18,20,24)/t13-/m0/s1. The maximum absolute atomic E-state index is 12.0. The first-order chi connectivity index (χ1) is 11.6. The summed E-state index contributed by atoms with van der Waals surface area (Å²) in [6, 6.07) is 8.21. The van der Waals surface area contributed by atoms with Gasteiger partial charge in [-0.1, -0.05) is 24.3 Å². The van der Waals surface area contributed by atoms with Crippen molar-refractivity contribution in [3.05, 3.63) is 47.5 Å². The fourth-order valence-electron chi connectivity index (χ4n) is 3.07. The van der Waals surface area contributed by atoms with Crippen LogP contribution in [0.25, 0.3) is 0 Å². The van der Waals surface area contributed by atoms with Crippen molar-refractivity contribution in [2.45, 2.75) is 25.9 Å². The number of rotatable bonds is 5. The smallest absolute Gasteiger partial charge is 0.315 e. The molecule has 2 N–H and O–H groups in total. The average molecular weight is 328 g/mol. The average Bonchev–Trinajstić information content (AvgIpc) is 3.01. The first-order valence-corrected chi connectivity index (χ1v) is 8.31. The topological polar surface area (TPSA) is 75.1 Å². The third-order valence-electron chi connectivity index (χ3n) is 4.40. The van der Waals surface area contributed by atoms with Crippen LogP contribution in [0.15, 0.2) is 30.6 Å². The molecular formula is C17H24N6O. The lowest BCUT2D eigenvalue weighted by Crippen LogP contribution is -2.42. The van der Waals surface area contributed by atoms with Crippen molar-refractivity contribution >= 4 is 6.03 Å². The first-order valence-electron chi connectivity index (χ1n) is 8.31. The molecule has 128 valence electrons. The Morgan fingerprint density at radius 1 is 1.33 bits per heavy atom. The van der Waals surface area contributed by atoms with E-state index < -0.39 is 0 Å². The Kier molecular flexibility index (Phi) is 5.10. The van der Waals surface area contributed by atoms with Gasteiger partial charge in [-0.05, 0) is 24.5 Å². The van der Waals surface area contributed by atoms with Crippen molar-refractivity contribution in [2.24, 2.45) is 7.05 Å². The molecule has 1 aliphatic heterocycles. The Hall–Kier alpha value is -2.41. The number of carbonyl (C=O) groups excluding carboxylic acids is 1. The Morgan fingerprint density at radius 3 is 2.88 bits per heavy atom. The van der Waals surface area contributed by atoms with Crippen molar-refractivity contribution < 1.29 is 4.79 Å². The highest BCUT2D eigenvalue weighted by Gasteiger charge is 2.16. The van der Waals surface area contributed by atoms with Gasteiger partial charge in [-0.25, -0.2) is 4.79 Å². The number of hydrogen-bond donors (Lipinski definition) is 2. The summed E-state index contributed by atoms with van der Waals surface area (Å²) in [7, 11) is 1.86. The predicted octanol–water partition coefficient (Wildman–Crippen LogP) is 1.23. The lowest BCUT2D eigenvalue weighted by atomic mass is 10.00. The zero-order chi connectivity index (χ0) is 16.9. The minimum absolute atomic E-state index is 0.178. The number of aromatic nitrogens is 3. The summed E-state index contributed by atoms with van der Waals surface area (Å²) >= 11 is 0. The second-order valence-electron chi connectivity index (χ2n) is 6.22. The third kappa shape index (κ3) is 3.91. The molecule has 1 atom stereocenters. The summed E-state index contributed by atoms with van der Waals surface area (Å²) in [5, 5.41) is 13.6. The normalized spacial score (nSPS) is 15.6.